The van der Waals surface area contributed by atoms with E-state index in [9.17, 15) is 29.3 Å². The van der Waals surface area contributed by atoms with E-state index in [1.54, 1.807) is 13.8 Å². The molecule has 4 N–H and O–H groups in total. The van der Waals surface area contributed by atoms with E-state index in [1.165, 1.54) is 0 Å². The predicted octanol–water partition coefficient (Wildman–Crippen LogP) is 0.251. The van der Waals surface area contributed by atoms with Gasteiger partial charge in [-0.2, -0.15) is 4.98 Å². The van der Waals surface area contributed by atoms with Crippen molar-refractivity contribution in [3.8, 4) is 0 Å². The SMILES string of the molecule is CCCCCOC(=O)Nc1nc(=O)n([C@@H]2O[C@H](C)C(O[C@@H]3O[C@H](C)[C@@H](O)[C@H]3O)[C@H]2O)cc1F. The van der Waals surface area contributed by atoms with Gasteiger partial charge in [0.25, 0.3) is 0 Å². The number of hydrogen-bond donors (Lipinski definition) is 4. The third-order valence-electron chi connectivity index (χ3n) is 5.58. The summed E-state index contributed by atoms with van der Waals surface area (Å²) in [5.74, 6) is -1.66. The second kappa shape index (κ2) is 10.8. The van der Waals surface area contributed by atoms with Gasteiger partial charge in [0.05, 0.1) is 25.0 Å². The van der Waals surface area contributed by atoms with Gasteiger partial charge in [0.1, 0.15) is 24.4 Å². The second-order valence-electron chi connectivity index (χ2n) is 8.11. The van der Waals surface area contributed by atoms with E-state index in [1.807, 2.05) is 6.92 Å². The maximum atomic E-state index is 14.5. The van der Waals surface area contributed by atoms with Crippen LogP contribution in [0.4, 0.5) is 15.0 Å². The fourth-order valence-electron chi connectivity index (χ4n) is 3.68. The van der Waals surface area contributed by atoms with E-state index in [0.717, 1.165) is 23.6 Å². The highest BCUT2D eigenvalue weighted by atomic mass is 19.1. The van der Waals surface area contributed by atoms with Crippen molar-refractivity contribution in [2.24, 2.45) is 0 Å². The fraction of sp³-hybridized carbons (Fsp3) is 0.750. The van der Waals surface area contributed by atoms with E-state index in [2.05, 4.69) is 10.3 Å². The van der Waals surface area contributed by atoms with Gasteiger partial charge in [-0.05, 0) is 20.3 Å². The number of anilines is 1. The first kappa shape index (κ1) is 25.5. The highest BCUT2D eigenvalue weighted by Gasteiger charge is 2.49. The number of ether oxygens (including phenoxy) is 4. The van der Waals surface area contributed by atoms with Crippen LogP contribution in [-0.4, -0.2) is 80.5 Å². The quantitative estimate of drug-likeness (QED) is 0.384. The van der Waals surface area contributed by atoms with Crippen molar-refractivity contribution >= 4 is 11.9 Å². The Kier molecular flexibility index (Phi) is 8.37. The number of aliphatic hydroxyl groups excluding tert-OH is 3. The zero-order valence-electron chi connectivity index (χ0n) is 18.6. The lowest BCUT2D eigenvalue weighted by Gasteiger charge is -2.24. The molecule has 0 bridgehead atoms. The number of amides is 1. The molecule has 2 fully saturated rings. The van der Waals surface area contributed by atoms with E-state index >= 15 is 0 Å². The molecule has 2 aliphatic rings. The molecule has 3 heterocycles. The van der Waals surface area contributed by atoms with Gasteiger partial charge < -0.3 is 34.3 Å². The molecule has 0 spiro atoms. The monoisotopic (exact) mass is 475 g/mol. The first-order valence-corrected chi connectivity index (χ1v) is 10.9. The van der Waals surface area contributed by atoms with Gasteiger partial charge in [-0.15, -0.1) is 0 Å². The Balaban J connectivity index is 1.67. The van der Waals surface area contributed by atoms with Crippen LogP contribution in [0, 0.1) is 5.82 Å². The van der Waals surface area contributed by atoms with Gasteiger partial charge in [0.15, 0.2) is 24.2 Å². The normalized spacial score (nSPS) is 33.9. The molecule has 1 unspecified atom stereocenters. The zero-order valence-corrected chi connectivity index (χ0v) is 18.6. The smallest absolute Gasteiger partial charge is 0.412 e. The Bertz CT molecular complexity index is 885. The van der Waals surface area contributed by atoms with Crippen LogP contribution in [0.3, 0.4) is 0 Å². The number of nitrogens with one attached hydrogen (secondary N) is 1. The minimum Gasteiger partial charge on any atom is -0.449 e. The minimum absolute atomic E-state index is 0.148. The van der Waals surface area contributed by atoms with E-state index in [0.29, 0.717) is 6.42 Å². The van der Waals surface area contributed by atoms with E-state index in [-0.39, 0.29) is 6.61 Å². The number of carbonyl (C=O) groups excluding carboxylic acids is 1. The molecule has 13 heteroatoms. The fourth-order valence-corrected chi connectivity index (χ4v) is 3.68. The lowest BCUT2D eigenvalue weighted by molar-refractivity contribution is -0.207. The first-order valence-electron chi connectivity index (χ1n) is 10.9. The maximum Gasteiger partial charge on any atom is 0.412 e. The molecule has 1 aromatic rings. The summed E-state index contributed by atoms with van der Waals surface area (Å²) in [5, 5.41) is 32.6. The van der Waals surface area contributed by atoms with Crippen molar-refractivity contribution in [3.05, 3.63) is 22.5 Å². The summed E-state index contributed by atoms with van der Waals surface area (Å²) in [6, 6.07) is 0. The molecule has 0 radical (unpaired) electrons. The molecule has 1 amide bonds. The summed E-state index contributed by atoms with van der Waals surface area (Å²) in [7, 11) is 0. The average Bonchev–Trinajstić information content (AvgIpc) is 3.18. The summed E-state index contributed by atoms with van der Waals surface area (Å²) < 4.78 is 36.7. The van der Waals surface area contributed by atoms with Gasteiger partial charge in [-0.25, -0.2) is 14.0 Å². The Labute approximate surface area is 189 Å². The largest absolute Gasteiger partial charge is 0.449 e. The van der Waals surface area contributed by atoms with Crippen LogP contribution in [0.25, 0.3) is 0 Å². The highest BCUT2D eigenvalue weighted by Crippen LogP contribution is 2.33. The van der Waals surface area contributed by atoms with Crippen molar-refractivity contribution in [2.45, 2.75) is 89.2 Å². The number of carbonyl (C=O) groups is 1. The lowest BCUT2D eigenvalue weighted by atomic mass is 10.1. The Morgan fingerprint density at radius 2 is 1.91 bits per heavy atom. The third-order valence-corrected chi connectivity index (χ3v) is 5.58. The molecule has 0 aromatic carbocycles. The molecule has 2 aliphatic heterocycles. The van der Waals surface area contributed by atoms with Crippen LogP contribution in [0.1, 0.15) is 46.3 Å². The summed E-state index contributed by atoms with van der Waals surface area (Å²) in [6.45, 7) is 5.24. The van der Waals surface area contributed by atoms with Crippen LogP contribution in [0.5, 0.6) is 0 Å². The van der Waals surface area contributed by atoms with Crippen LogP contribution >= 0.6 is 0 Å². The Morgan fingerprint density at radius 3 is 2.55 bits per heavy atom. The minimum atomic E-state index is -1.45. The predicted molar refractivity (Wildman–Crippen MR) is 110 cm³/mol. The molecule has 2 saturated heterocycles. The van der Waals surface area contributed by atoms with Crippen molar-refractivity contribution in [2.75, 3.05) is 11.9 Å². The van der Waals surface area contributed by atoms with Gasteiger partial charge in [-0.3, -0.25) is 9.88 Å². The Morgan fingerprint density at radius 1 is 1.18 bits per heavy atom. The first-order chi connectivity index (χ1) is 15.6. The number of halogens is 1. The molecule has 0 saturated carbocycles. The topological polar surface area (TPSA) is 162 Å². The lowest BCUT2D eigenvalue weighted by Crippen LogP contribution is -2.42. The van der Waals surface area contributed by atoms with Crippen molar-refractivity contribution < 1.29 is 43.5 Å². The standard InChI is InChI=1S/C20H30FN3O9/c1-4-5-6-7-30-20(29)23-16-11(21)8-24(19(28)22-16)17-14(27)15(10(3)31-17)33-18-13(26)12(25)9(2)32-18/h8-10,12-15,17-18,25-27H,4-7H2,1-3H3,(H,22,23,28,29)/t9-,10-,12-,13-,14-,15?,17-,18+/m1/s1. The molecule has 8 atom stereocenters. The van der Waals surface area contributed by atoms with Crippen LogP contribution in [-0.2, 0) is 18.9 Å². The molecule has 3 rings (SSSR count). The molecular weight excluding hydrogens is 445 g/mol. The van der Waals surface area contributed by atoms with E-state index < -0.39 is 72.6 Å². The number of aliphatic hydroxyl groups is 3. The molecule has 33 heavy (non-hydrogen) atoms. The van der Waals surface area contributed by atoms with Crippen LogP contribution < -0.4 is 11.0 Å². The number of nitrogens with zero attached hydrogens (tertiary/aromatic N) is 2. The molecule has 12 nitrogen and oxygen atoms in total. The van der Waals surface area contributed by atoms with Crippen molar-refractivity contribution in [3.63, 3.8) is 0 Å². The van der Waals surface area contributed by atoms with Crippen molar-refractivity contribution in [1.29, 1.82) is 0 Å². The average molecular weight is 475 g/mol. The summed E-state index contributed by atoms with van der Waals surface area (Å²) >= 11 is 0. The molecule has 186 valence electrons. The van der Waals surface area contributed by atoms with Gasteiger partial charge in [0, 0.05) is 0 Å². The summed E-state index contributed by atoms with van der Waals surface area (Å²) in [6.07, 6.45) is -6.79. The third kappa shape index (κ3) is 5.67. The van der Waals surface area contributed by atoms with Crippen molar-refractivity contribution in [1.82, 2.24) is 9.55 Å². The number of hydrogen-bond acceptors (Lipinski definition) is 10. The van der Waals surface area contributed by atoms with Gasteiger partial charge in [-0.1, -0.05) is 19.8 Å². The number of unbranched alkanes of at least 4 members (excludes halogenated alkanes) is 2. The Hall–Kier alpha value is -2.16. The number of aromatic nitrogens is 2. The second-order valence-corrected chi connectivity index (χ2v) is 8.11. The maximum absolute atomic E-state index is 14.5. The molecular formula is C20H30FN3O9. The van der Waals surface area contributed by atoms with Gasteiger partial charge in [0.2, 0.25) is 0 Å². The van der Waals surface area contributed by atoms with Crippen LogP contribution in [0.2, 0.25) is 0 Å². The van der Waals surface area contributed by atoms with Gasteiger partial charge >= 0.3 is 11.8 Å². The summed E-state index contributed by atoms with van der Waals surface area (Å²) in [5.41, 5.74) is -0.990. The summed E-state index contributed by atoms with van der Waals surface area (Å²) in [4.78, 5) is 27.8. The highest BCUT2D eigenvalue weighted by molar-refractivity contribution is 5.83. The van der Waals surface area contributed by atoms with E-state index in [4.69, 9.17) is 18.9 Å². The van der Waals surface area contributed by atoms with Crippen LogP contribution in [0.15, 0.2) is 11.0 Å². The number of rotatable bonds is 8. The zero-order chi connectivity index (χ0) is 24.3. The molecule has 0 aliphatic carbocycles. The molecule has 1 aromatic heterocycles.